The Hall–Kier alpha value is -1.12. The Morgan fingerprint density at radius 1 is 1.15 bits per heavy atom. The molecule has 2 aliphatic heterocycles. The highest BCUT2D eigenvalue weighted by Crippen LogP contribution is 2.30. The van der Waals surface area contributed by atoms with Crippen molar-refractivity contribution in [2.24, 2.45) is 5.41 Å². The topological polar surface area (TPSA) is 15.3 Å². The zero-order valence-electron chi connectivity index (χ0n) is 13.0. The molecule has 2 heteroatoms. The summed E-state index contributed by atoms with van der Waals surface area (Å²) >= 11 is 0. The van der Waals surface area contributed by atoms with Gasteiger partial charge in [-0.3, -0.25) is 4.90 Å². The Bertz CT molecular complexity index is 523. The van der Waals surface area contributed by atoms with Crippen LogP contribution in [0.25, 0.3) is 0 Å². The van der Waals surface area contributed by atoms with E-state index in [4.69, 9.17) is 0 Å². The monoisotopic (exact) mass is 270 g/mol. The molecule has 1 N–H and O–H groups in total. The first-order valence-electron chi connectivity index (χ1n) is 7.75. The van der Waals surface area contributed by atoms with Gasteiger partial charge >= 0.3 is 0 Å². The molecule has 0 fully saturated rings. The summed E-state index contributed by atoms with van der Waals surface area (Å²) in [5.41, 5.74) is 6.38. The zero-order chi connectivity index (χ0) is 14.2. The van der Waals surface area contributed by atoms with Crippen molar-refractivity contribution >= 4 is 0 Å². The van der Waals surface area contributed by atoms with Gasteiger partial charge in [-0.15, -0.1) is 0 Å². The molecular weight excluding hydrogens is 244 g/mol. The van der Waals surface area contributed by atoms with E-state index in [0.29, 0.717) is 5.41 Å². The molecule has 2 aliphatic rings. The van der Waals surface area contributed by atoms with Crippen LogP contribution in [0, 0.1) is 5.41 Å². The normalized spacial score (nSPS) is 19.9. The molecule has 0 atom stereocenters. The van der Waals surface area contributed by atoms with Crippen LogP contribution in [0.1, 0.15) is 43.9 Å². The molecule has 108 valence electrons. The standard InChI is InChI=1S/C18H26N2/c1-18(2,3)17-6-8-20(9-7-17)13-14-4-5-15-11-19-12-16(15)10-14/h4-6,10,19H,7-9,11-13H2,1-3H3. The van der Waals surface area contributed by atoms with Crippen molar-refractivity contribution < 1.29 is 0 Å². The molecule has 3 rings (SSSR count). The van der Waals surface area contributed by atoms with Gasteiger partial charge in [-0.2, -0.15) is 0 Å². The van der Waals surface area contributed by atoms with Gasteiger partial charge in [0.15, 0.2) is 0 Å². The number of nitrogens with zero attached hydrogens (tertiary/aromatic N) is 1. The first-order chi connectivity index (χ1) is 9.52. The maximum absolute atomic E-state index is 3.42. The minimum absolute atomic E-state index is 0.339. The number of nitrogens with one attached hydrogen (secondary N) is 1. The molecule has 0 aromatic heterocycles. The lowest BCUT2D eigenvalue weighted by Gasteiger charge is -2.32. The first kappa shape index (κ1) is 13.8. The second kappa shape index (κ2) is 5.34. The third-order valence-electron chi connectivity index (χ3n) is 4.56. The fourth-order valence-corrected chi connectivity index (χ4v) is 3.24. The van der Waals surface area contributed by atoms with Gasteiger partial charge in [0.05, 0.1) is 0 Å². The second-order valence-corrected chi connectivity index (χ2v) is 7.17. The minimum atomic E-state index is 0.339. The van der Waals surface area contributed by atoms with Crippen LogP contribution in [-0.4, -0.2) is 18.0 Å². The maximum Gasteiger partial charge on any atom is 0.0237 e. The van der Waals surface area contributed by atoms with Crippen LogP contribution in [0.2, 0.25) is 0 Å². The van der Waals surface area contributed by atoms with Gasteiger partial charge in [-0.25, -0.2) is 0 Å². The molecule has 0 saturated heterocycles. The minimum Gasteiger partial charge on any atom is -0.309 e. The van der Waals surface area contributed by atoms with Gasteiger partial charge < -0.3 is 5.32 Å². The number of rotatable bonds is 2. The van der Waals surface area contributed by atoms with Crippen LogP contribution >= 0.6 is 0 Å². The first-order valence-corrected chi connectivity index (χ1v) is 7.75. The largest absolute Gasteiger partial charge is 0.309 e. The lowest BCUT2D eigenvalue weighted by molar-refractivity contribution is 0.271. The van der Waals surface area contributed by atoms with Gasteiger partial charge in [0.1, 0.15) is 0 Å². The van der Waals surface area contributed by atoms with Gasteiger partial charge in [0.25, 0.3) is 0 Å². The van der Waals surface area contributed by atoms with Crippen LogP contribution < -0.4 is 5.32 Å². The highest BCUT2D eigenvalue weighted by Gasteiger charge is 2.21. The fourth-order valence-electron chi connectivity index (χ4n) is 3.24. The van der Waals surface area contributed by atoms with Crippen LogP contribution in [0.15, 0.2) is 29.8 Å². The highest BCUT2D eigenvalue weighted by atomic mass is 15.1. The van der Waals surface area contributed by atoms with Crippen molar-refractivity contribution in [3.8, 4) is 0 Å². The molecule has 0 amide bonds. The van der Waals surface area contributed by atoms with E-state index in [2.05, 4.69) is 55.3 Å². The summed E-state index contributed by atoms with van der Waals surface area (Å²) in [5, 5.41) is 3.42. The van der Waals surface area contributed by atoms with Crippen molar-refractivity contribution in [2.45, 2.75) is 46.8 Å². The quantitative estimate of drug-likeness (QED) is 0.828. The van der Waals surface area contributed by atoms with Crippen LogP contribution in [0.5, 0.6) is 0 Å². The van der Waals surface area contributed by atoms with E-state index in [-0.39, 0.29) is 0 Å². The lowest BCUT2D eigenvalue weighted by Crippen LogP contribution is -2.30. The Morgan fingerprint density at radius 2 is 1.95 bits per heavy atom. The molecule has 0 radical (unpaired) electrons. The van der Waals surface area contributed by atoms with Gasteiger partial charge in [-0.05, 0) is 28.5 Å². The van der Waals surface area contributed by atoms with Gasteiger partial charge in [0, 0.05) is 32.7 Å². The van der Waals surface area contributed by atoms with Crippen LogP contribution in [-0.2, 0) is 19.6 Å². The van der Waals surface area contributed by atoms with Crippen molar-refractivity contribution in [3.63, 3.8) is 0 Å². The Morgan fingerprint density at radius 3 is 2.65 bits per heavy atom. The van der Waals surface area contributed by atoms with Crippen molar-refractivity contribution in [2.75, 3.05) is 13.1 Å². The third-order valence-corrected chi connectivity index (χ3v) is 4.56. The molecule has 1 aromatic carbocycles. The summed E-state index contributed by atoms with van der Waals surface area (Å²) in [6.07, 6.45) is 3.66. The molecule has 1 aromatic rings. The van der Waals surface area contributed by atoms with E-state index < -0.39 is 0 Å². The molecule has 0 spiro atoms. The third kappa shape index (κ3) is 2.97. The van der Waals surface area contributed by atoms with E-state index in [0.717, 1.165) is 26.2 Å². The predicted octanol–water partition coefficient (Wildman–Crippen LogP) is 3.47. The summed E-state index contributed by atoms with van der Waals surface area (Å²) in [7, 11) is 0. The van der Waals surface area contributed by atoms with E-state index in [1.54, 1.807) is 5.57 Å². The molecule has 0 saturated carbocycles. The molecule has 0 aliphatic carbocycles. The molecule has 2 nitrogen and oxygen atoms in total. The fraction of sp³-hybridized carbons (Fsp3) is 0.556. The van der Waals surface area contributed by atoms with E-state index in [1.165, 1.54) is 29.7 Å². The number of fused-ring (bicyclic) bond motifs is 1. The summed E-state index contributed by atoms with van der Waals surface area (Å²) in [6.45, 7) is 12.4. The average molecular weight is 270 g/mol. The second-order valence-electron chi connectivity index (χ2n) is 7.17. The molecule has 2 heterocycles. The van der Waals surface area contributed by atoms with E-state index in [1.807, 2.05) is 0 Å². The van der Waals surface area contributed by atoms with Crippen molar-refractivity contribution in [1.29, 1.82) is 0 Å². The molecule has 0 bridgehead atoms. The Balaban J connectivity index is 1.64. The number of benzene rings is 1. The molecule has 0 unspecified atom stereocenters. The SMILES string of the molecule is CC(C)(C)C1=CCN(Cc2ccc3c(c2)CNC3)CC1. The van der Waals surface area contributed by atoms with E-state index >= 15 is 0 Å². The predicted molar refractivity (Wildman–Crippen MR) is 84.4 cm³/mol. The summed E-state index contributed by atoms with van der Waals surface area (Å²) < 4.78 is 0. The van der Waals surface area contributed by atoms with Crippen LogP contribution in [0.3, 0.4) is 0 Å². The van der Waals surface area contributed by atoms with Crippen molar-refractivity contribution in [1.82, 2.24) is 10.2 Å². The smallest absolute Gasteiger partial charge is 0.0237 e. The van der Waals surface area contributed by atoms with Crippen LogP contribution in [0.4, 0.5) is 0 Å². The van der Waals surface area contributed by atoms with E-state index in [9.17, 15) is 0 Å². The summed E-state index contributed by atoms with van der Waals surface area (Å²) in [6, 6.07) is 6.98. The number of hydrogen-bond acceptors (Lipinski definition) is 2. The van der Waals surface area contributed by atoms with Gasteiger partial charge in [0.2, 0.25) is 0 Å². The maximum atomic E-state index is 3.42. The lowest BCUT2D eigenvalue weighted by atomic mass is 9.83. The Kier molecular flexibility index (Phi) is 3.70. The zero-order valence-corrected chi connectivity index (χ0v) is 13.0. The summed E-state index contributed by atoms with van der Waals surface area (Å²) in [5.74, 6) is 0. The van der Waals surface area contributed by atoms with Gasteiger partial charge in [-0.1, -0.05) is 50.6 Å². The molecule has 20 heavy (non-hydrogen) atoms. The average Bonchev–Trinajstić information content (AvgIpc) is 2.86. The Labute approximate surface area is 122 Å². The molecular formula is C18H26N2. The highest BCUT2D eigenvalue weighted by molar-refractivity contribution is 5.34. The number of hydrogen-bond donors (Lipinski definition) is 1. The van der Waals surface area contributed by atoms with Crippen molar-refractivity contribution in [3.05, 3.63) is 46.5 Å². The summed E-state index contributed by atoms with van der Waals surface area (Å²) in [4.78, 5) is 2.55.